The highest BCUT2D eigenvalue weighted by Crippen LogP contribution is 2.36. The van der Waals surface area contributed by atoms with Crippen LogP contribution in [0.2, 0.25) is 0 Å². The van der Waals surface area contributed by atoms with Crippen LogP contribution >= 0.6 is 0 Å². The van der Waals surface area contributed by atoms with Crippen LogP contribution < -0.4 is 4.90 Å². The fourth-order valence-corrected chi connectivity index (χ4v) is 6.09. The average Bonchev–Trinajstić information content (AvgIpc) is 3.41. The molecule has 0 aliphatic carbocycles. The number of ether oxygens (including phenoxy) is 2. The van der Waals surface area contributed by atoms with Gasteiger partial charge >= 0.3 is 5.97 Å². The minimum absolute atomic E-state index is 0.101. The third kappa shape index (κ3) is 5.64. The molecule has 41 heavy (non-hydrogen) atoms. The number of esters is 1. The maximum Gasteiger partial charge on any atom is 0.310 e. The quantitative estimate of drug-likeness (QED) is 0.218. The Kier molecular flexibility index (Phi) is 7.63. The van der Waals surface area contributed by atoms with Crippen LogP contribution in [0.4, 0.5) is 5.82 Å². The van der Waals surface area contributed by atoms with Gasteiger partial charge in [-0.25, -0.2) is 4.98 Å². The molecule has 7 heteroatoms. The molecule has 0 unspecified atom stereocenters. The summed E-state index contributed by atoms with van der Waals surface area (Å²) in [6.07, 6.45) is 8.47. The first-order valence-electron chi connectivity index (χ1n) is 14.6. The molecule has 1 fully saturated rings. The molecule has 3 aliphatic rings. The van der Waals surface area contributed by atoms with Crippen LogP contribution in [0.5, 0.6) is 0 Å². The van der Waals surface area contributed by atoms with E-state index >= 15 is 0 Å². The Morgan fingerprint density at radius 1 is 1.05 bits per heavy atom. The van der Waals surface area contributed by atoms with E-state index in [4.69, 9.17) is 19.6 Å². The second-order valence-electron chi connectivity index (χ2n) is 11.6. The second kappa shape index (κ2) is 11.5. The van der Waals surface area contributed by atoms with Crippen molar-refractivity contribution in [2.24, 2.45) is 5.41 Å². The number of allylic oxidation sites excluding steroid dienone is 1. The lowest BCUT2D eigenvalue weighted by atomic mass is 9.81. The highest BCUT2D eigenvalue weighted by Gasteiger charge is 2.33. The van der Waals surface area contributed by atoms with Gasteiger partial charge in [0.05, 0.1) is 32.4 Å². The van der Waals surface area contributed by atoms with E-state index in [0.29, 0.717) is 6.61 Å². The number of carbonyl (C=O) groups is 1. The summed E-state index contributed by atoms with van der Waals surface area (Å²) in [6.45, 7) is 7.36. The van der Waals surface area contributed by atoms with Crippen LogP contribution in [0.25, 0.3) is 28.0 Å². The topological polar surface area (TPSA) is 69.0 Å². The van der Waals surface area contributed by atoms with Gasteiger partial charge in [0.1, 0.15) is 5.82 Å². The Hall–Kier alpha value is -3.97. The molecule has 0 N–H and O–H groups in total. The summed E-state index contributed by atoms with van der Waals surface area (Å²) in [7, 11) is 1.43. The smallest absolute Gasteiger partial charge is 0.310 e. The van der Waals surface area contributed by atoms with Crippen LogP contribution in [0.1, 0.15) is 43.0 Å². The highest BCUT2D eigenvalue weighted by molar-refractivity contribution is 5.78. The van der Waals surface area contributed by atoms with Crippen molar-refractivity contribution in [2.45, 2.75) is 46.0 Å². The summed E-state index contributed by atoms with van der Waals surface area (Å²) < 4.78 is 13.1. The van der Waals surface area contributed by atoms with Crippen molar-refractivity contribution in [2.75, 3.05) is 38.3 Å². The minimum atomic E-state index is -0.279. The number of nitrogens with zero attached hydrogens (tertiary/aromatic N) is 4. The van der Waals surface area contributed by atoms with Crippen molar-refractivity contribution in [1.29, 1.82) is 0 Å². The Balaban J connectivity index is 1.49. The van der Waals surface area contributed by atoms with Gasteiger partial charge in [-0.2, -0.15) is 9.61 Å². The molecule has 0 saturated carbocycles. The lowest BCUT2D eigenvalue weighted by Gasteiger charge is -2.40. The molecule has 1 saturated heterocycles. The molecule has 2 aromatic heterocycles. The van der Waals surface area contributed by atoms with E-state index in [2.05, 4.69) is 78.6 Å². The highest BCUT2D eigenvalue weighted by atomic mass is 16.5. The van der Waals surface area contributed by atoms with E-state index in [9.17, 15) is 4.79 Å². The van der Waals surface area contributed by atoms with E-state index in [0.717, 1.165) is 79.4 Å². The van der Waals surface area contributed by atoms with Gasteiger partial charge < -0.3 is 14.4 Å². The number of benzene rings is 2. The third-order valence-corrected chi connectivity index (χ3v) is 8.60. The maximum atomic E-state index is 12.5. The predicted molar refractivity (Wildman–Crippen MR) is 162 cm³/mol. The number of anilines is 1. The largest absolute Gasteiger partial charge is 0.469 e. The van der Waals surface area contributed by atoms with E-state index < -0.39 is 0 Å². The summed E-state index contributed by atoms with van der Waals surface area (Å²) in [5.41, 5.74) is 8.21. The minimum Gasteiger partial charge on any atom is -0.469 e. The van der Waals surface area contributed by atoms with Gasteiger partial charge in [-0.15, -0.1) is 0 Å². The molecule has 6 bridgehead atoms. The maximum absolute atomic E-state index is 12.5. The van der Waals surface area contributed by atoms with E-state index in [-0.39, 0.29) is 17.8 Å². The number of rotatable bonds is 2. The van der Waals surface area contributed by atoms with Gasteiger partial charge in [0.15, 0.2) is 5.65 Å². The zero-order chi connectivity index (χ0) is 28.4. The van der Waals surface area contributed by atoms with Gasteiger partial charge in [0.2, 0.25) is 0 Å². The van der Waals surface area contributed by atoms with Crippen molar-refractivity contribution < 1.29 is 14.3 Å². The number of piperidine rings is 1. The SMILES string of the molecule is COC(=O)Cc1c(C)nc2cc3nn2c1N1CCC(C)(CC1)COC/C=C/CCc1ccccc1-c1cccc-3c1. The van der Waals surface area contributed by atoms with E-state index in [1.807, 2.05) is 11.4 Å². The van der Waals surface area contributed by atoms with Crippen LogP contribution in [0, 0.1) is 12.3 Å². The van der Waals surface area contributed by atoms with Crippen LogP contribution in [-0.4, -0.2) is 54.0 Å². The molecular weight excluding hydrogens is 512 g/mol. The zero-order valence-electron chi connectivity index (χ0n) is 24.2. The Morgan fingerprint density at radius 2 is 1.85 bits per heavy atom. The van der Waals surface area contributed by atoms with Gasteiger partial charge in [0.25, 0.3) is 0 Å². The first-order chi connectivity index (χ1) is 19.9. The van der Waals surface area contributed by atoms with Crippen molar-refractivity contribution in [1.82, 2.24) is 14.6 Å². The molecule has 2 aromatic carbocycles. The number of fused-ring (bicyclic) bond motifs is 7. The number of hydrogen-bond donors (Lipinski definition) is 0. The Bertz CT molecular complexity index is 1600. The summed E-state index contributed by atoms with van der Waals surface area (Å²) in [4.78, 5) is 19.8. The number of methoxy groups -OCH3 is 1. The van der Waals surface area contributed by atoms with Crippen molar-refractivity contribution >= 4 is 17.4 Å². The average molecular weight is 551 g/mol. The summed E-state index contributed by atoms with van der Waals surface area (Å²) in [5.74, 6) is 0.657. The van der Waals surface area contributed by atoms with E-state index in [1.54, 1.807) is 0 Å². The molecule has 3 aliphatic heterocycles. The van der Waals surface area contributed by atoms with Crippen LogP contribution in [-0.2, 0) is 27.1 Å². The zero-order valence-corrected chi connectivity index (χ0v) is 24.2. The first kappa shape index (κ1) is 27.2. The standard InChI is InChI=1S/C34H38N4O3/c1-24-29(21-32(39)40-3)33-37-17-15-34(2,16-18-37)23-41-19-8-4-5-10-25-11-6-7-14-28(25)26-12-9-13-27(20-26)30-22-31(35-24)38(33)36-30/h4,6-9,11-14,20,22H,5,10,15-19,21,23H2,1-3H3/b8-4+. The molecule has 0 spiro atoms. The van der Waals surface area contributed by atoms with Crippen LogP contribution in [0.3, 0.4) is 0 Å². The fourth-order valence-electron chi connectivity index (χ4n) is 6.09. The molecule has 7 rings (SSSR count). The molecule has 212 valence electrons. The fraction of sp³-hybridized carbons (Fsp3) is 0.382. The molecule has 4 aromatic rings. The molecular formula is C34H38N4O3. The lowest BCUT2D eigenvalue weighted by Crippen LogP contribution is -2.42. The monoisotopic (exact) mass is 550 g/mol. The van der Waals surface area contributed by atoms with E-state index in [1.165, 1.54) is 23.8 Å². The van der Waals surface area contributed by atoms with Gasteiger partial charge in [0, 0.05) is 36.0 Å². The summed E-state index contributed by atoms with van der Waals surface area (Å²) in [6, 6.07) is 19.3. The van der Waals surface area contributed by atoms with Crippen molar-refractivity contribution in [3.8, 4) is 22.4 Å². The summed E-state index contributed by atoms with van der Waals surface area (Å²) >= 11 is 0. The molecule has 5 heterocycles. The van der Waals surface area contributed by atoms with Gasteiger partial charge in [-0.3, -0.25) is 4.79 Å². The van der Waals surface area contributed by atoms with Gasteiger partial charge in [-0.1, -0.05) is 61.5 Å². The third-order valence-electron chi connectivity index (χ3n) is 8.60. The van der Waals surface area contributed by atoms with Crippen molar-refractivity contribution in [3.63, 3.8) is 0 Å². The Morgan fingerprint density at radius 3 is 2.68 bits per heavy atom. The predicted octanol–water partition coefficient (Wildman–Crippen LogP) is 6.21. The molecule has 0 atom stereocenters. The second-order valence-corrected chi connectivity index (χ2v) is 11.6. The summed E-state index contributed by atoms with van der Waals surface area (Å²) in [5, 5.41) is 5.11. The lowest BCUT2D eigenvalue weighted by molar-refractivity contribution is -0.139. The van der Waals surface area contributed by atoms with Gasteiger partial charge in [-0.05, 0) is 60.8 Å². The first-order valence-corrected chi connectivity index (χ1v) is 14.6. The number of aromatic nitrogens is 3. The van der Waals surface area contributed by atoms with Crippen LogP contribution in [0.15, 0.2) is 66.7 Å². The number of carbonyl (C=O) groups excluding carboxylic acids is 1. The number of hydrogen-bond acceptors (Lipinski definition) is 6. The molecule has 7 nitrogen and oxygen atoms in total. The Labute approximate surface area is 241 Å². The van der Waals surface area contributed by atoms with Crippen molar-refractivity contribution in [3.05, 3.63) is 83.6 Å². The molecule has 0 amide bonds. The normalized spacial score (nSPS) is 17.8. The number of aryl methyl sites for hydroxylation is 2. The molecule has 0 radical (unpaired) electrons.